The highest BCUT2D eigenvalue weighted by Crippen LogP contribution is 2.41. The highest BCUT2D eigenvalue weighted by molar-refractivity contribution is 6.46. The Hall–Kier alpha value is -3.06. The number of amides is 1. The number of aliphatic hydroxyl groups is 1. The van der Waals surface area contributed by atoms with Gasteiger partial charge in [0.15, 0.2) is 0 Å². The van der Waals surface area contributed by atoms with E-state index < -0.39 is 17.7 Å². The fourth-order valence-electron chi connectivity index (χ4n) is 4.20. The average Bonchev–Trinajstić information content (AvgIpc) is 3.13. The fourth-order valence-corrected chi connectivity index (χ4v) is 4.20. The molecule has 7 nitrogen and oxygen atoms in total. The minimum atomic E-state index is -0.652. The van der Waals surface area contributed by atoms with Gasteiger partial charge in [-0.15, -0.1) is 0 Å². The van der Waals surface area contributed by atoms with E-state index in [1.807, 2.05) is 51.9 Å². The van der Waals surface area contributed by atoms with Gasteiger partial charge in [0, 0.05) is 23.5 Å². The molecule has 2 heterocycles. The maximum Gasteiger partial charge on any atom is 0.295 e. The molecule has 1 unspecified atom stereocenters. The quantitative estimate of drug-likeness (QED) is 0.404. The minimum absolute atomic E-state index is 0.130. The molecular formula is C24H31N3O4. The summed E-state index contributed by atoms with van der Waals surface area (Å²) in [5.41, 5.74) is 4.02. The zero-order valence-corrected chi connectivity index (χ0v) is 19.1. The number of ether oxygens (including phenoxy) is 1. The topological polar surface area (TPSA) is 85.9 Å². The zero-order valence-electron chi connectivity index (χ0n) is 19.1. The van der Waals surface area contributed by atoms with E-state index in [1.165, 1.54) is 0 Å². The lowest BCUT2D eigenvalue weighted by Gasteiger charge is -2.26. The first-order valence-corrected chi connectivity index (χ1v) is 10.4. The molecule has 0 radical (unpaired) electrons. The predicted molar refractivity (Wildman–Crippen MR) is 120 cm³/mol. The largest absolute Gasteiger partial charge is 0.507 e. The smallest absolute Gasteiger partial charge is 0.295 e. The van der Waals surface area contributed by atoms with Crippen molar-refractivity contribution in [2.75, 3.05) is 34.3 Å². The van der Waals surface area contributed by atoms with Crippen LogP contribution in [0.15, 0.2) is 29.8 Å². The summed E-state index contributed by atoms with van der Waals surface area (Å²) in [7, 11) is 5.52. The van der Waals surface area contributed by atoms with E-state index in [0.29, 0.717) is 24.3 Å². The molecule has 166 valence electrons. The number of rotatable bonds is 7. The average molecular weight is 426 g/mol. The van der Waals surface area contributed by atoms with Crippen LogP contribution in [-0.2, 0) is 9.59 Å². The van der Waals surface area contributed by atoms with Crippen LogP contribution in [0.2, 0.25) is 0 Å². The summed E-state index contributed by atoms with van der Waals surface area (Å²) >= 11 is 0. The van der Waals surface area contributed by atoms with Crippen molar-refractivity contribution in [2.45, 2.75) is 33.2 Å². The Bertz CT molecular complexity index is 1020. The monoisotopic (exact) mass is 425 g/mol. The molecule has 1 aliphatic rings. The van der Waals surface area contributed by atoms with Crippen molar-refractivity contribution < 1.29 is 19.4 Å². The highest BCUT2D eigenvalue weighted by Gasteiger charge is 2.46. The number of methoxy groups -OCH3 is 1. The van der Waals surface area contributed by atoms with Gasteiger partial charge >= 0.3 is 0 Å². The third kappa shape index (κ3) is 4.23. The molecule has 1 atom stereocenters. The number of hydrogen-bond donors (Lipinski definition) is 2. The van der Waals surface area contributed by atoms with Gasteiger partial charge in [-0.1, -0.05) is 12.1 Å². The molecule has 1 aromatic carbocycles. The SMILES string of the molecule is COc1ccc(C2/C(=C(\O)c3c(C)[nH]c(C)c3C)C(=O)C(=O)N2CCCN(C)C)cc1. The molecule has 0 aliphatic carbocycles. The molecule has 0 saturated carbocycles. The number of likely N-dealkylation sites (tertiary alicyclic amines) is 1. The normalized spacial score (nSPS) is 18.3. The zero-order chi connectivity index (χ0) is 22.9. The second kappa shape index (κ2) is 8.98. The third-order valence-electron chi connectivity index (χ3n) is 5.90. The lowest BCUT2D eigenvalue weighted by Crippen LogP contribution is -2.32. The molecule has 0 bridgehead atoms. The molecular weight excluding hydrogens is 394 g/mol. The van der Waals surface area contributed by atoms with Crippen LogP contribution in [0.3, 0.4) is 0 Å². The molecule has 2 N–H and O–H groups in total. The van der Waals surface area contributed by atoms with Gasteiger partial charge in [0.2, 0.25) is 0 Å². The first-order chi connectivity index (χ1) is 14.7. The summed E-state index contributed by atoms with van der Waals surface area (Å²) in [4.78, 5) is 32.9. The van der Waals surface area contributed by atoms with Crippen molar-refractivity contribution in [3.63, 3.8) is 0 Å². The lowest BCUT2D eigenvalue weighted by molar-refractivity contribution is -0.139. The Labute approximate surface area is 183 Å². The standard InChI is InChI=1S/C24H31N3O4/c1-14-15(2)25-16(3)19(14)22(28)20-21(17-8-10-18(31-6)11-9-17)27(24(30)23(20)29)13-7-12-26(4)5/h8-11,21,25,28H,7,12-13H2,1-6H3/b22-20+. The second-order valence-corrected chi connectivity index (χ2v) is 8.30. The van der Waals surface area contributed by atoms with Crippen LogP contribution >= 0.6 is 0 Å². The lowest BCUT2D eigenvalue weighted by atomic mass is 9.94. The number of hydrogen-bond acceptors (Lipinski definition) is 5. The first kappa shape index (κ1) is 22.6. The number of carbonyl (C=O) groups is 2. The van der Waals surface area contributed by atoms with E-state index in [0.717, 1.165) is 29.1 Å². The molecule has 1 amide bonds. The van der Waals surface area contributed by atoms with Gasteiger partial charge in [-0.05, 0) is 71.1 Å². The number of ketones is 1. The number of aromatic amines is 1. The van der Waals surface area contributed by atoms with Gasteiger partial charge < -0.3 is 24.6 Å². The van der Waals surface area contributed by atoms with E-state index in [4.69, 9.17) is 4.74 Å². The molecule has 2 aromatic rings. The van der Waals surface area contributed by atoms with Gasteiger partial charge in [-0.25, -0.2) is 0 Å². The van der Waals surface area contributed by atoms with Gasteiger partial charge in [-0.3, -0.25) is 9.59 Å². The van der Waals surface area contributed by atoms with Crippen molar-refractivity contribution in [3.8, 4) is 5.75 Å². The van der Waals surface area contributed by atoms with E-state index in [1.54, 1.807) is 24.1 Å². The van der Waals surface area contributed by atoms with Gasteiger partial charge in [0.1, 0.15) is 11.5 Å². The fraction of sp³-hybridized carbons (Fsp3) is 0.417. The molecule has 31 heavy (non-hydrogen) atoms. The molecule has 3 rings (SSSR count). The maximum atomic E-state index is 13.1. The van der Waals surface area contributed by atoms with Crippen LogP contribution in [-0.4, -0.2) is 65.9 Å². The summed E-state index contributed by atoms with van der Waals surface area (Å²) < 4.78 is 5.25. The predicted octanol–water partition coefficient (Wildman–Crippen LogP) is 3.32. The number of aromatic nitrogens is 1. The van der Waals surface area contributed by atoms with Crippen molar-refractivity contribution in [1.29, 1.82) is 0 Å². The Morgan fingerprint density at radius 3 is 2.29 bits per heavy atom. The van der Waals surface area contributed by atoms with E-state index in [2.05, 4.69) is 4.98 Å². The molecule has 1 aliphatic heterocycles. The van der Waals surface area contributed by atoms with Gasteiger partial charge in [0.25, 0.3) is 11.7 Å². The van der Waals surface area contributed by atoms with Crippen LogP contribution in [0.4, 0.5) is 0 Å². The number of nitrogens with one attached hydrogen (secondary N) is 1. The highest BCUT2D eigenvalue weighted by atomic mass is 16.5. The summed E-state index contributed by atoms with van der Waals surface area (Å²) in [5, 5.41) is 11.3. The Kier molecular flexibility index (Phi) is 6.55. The first-order valence-electron chi connectivity index (χ1n) is 10.4. The van der Waals surface area contributed by atoms with Gasteiger partial charge in [0.05, 0.1) is 18.7 Å². The Morgan fingerprint density at radius 1 is 1.13 bits per heavy atom. The molecule has 0 spiro atoms. The summed E-state index contributed by atoms with van der Waals surface area (Å²) in [6.45, 7) is 6.86. The second-order valence-electron chi connectivity index (χ2n) is 8.30. The van der Waals surface area contributed by atoms with Crippen LogP contribution in [0.25, 0.3) is 5.76 Å². The van der Waals surface area contributed by atoms with Crippen LogP contribution in [0, 0.1) is 20.8 Å². The van der Waals surface area contributed by atoms with Crippen LogP contribution < -0.4 is 4.74 Å². The maximum absolute atomic E-state index is 13.1. The van der Waals surface area contributed by atoms with Crippen molar-refractivity contribution in [3.05, 3.63) is 57.9 Å². The van der Waals surface area contributed by atoms with Gasteiger partial charge in [-0.2, -0.15) is 0 Å². The van der Waals surface area contributed by atoms with E-state index in [9.17, 15) is 14.7 Å². The number of H-pyrrole nitrogens is 1. The summed E-state index contributed by atoms with van der Waals surface area (Å²) in [6.07, 6.45) is 0.716. The Balaban J connectivity index is 2.14. The Morgan fingerprint density at radius 2 is 1.77 bits per heavy atom. The number of nitrogens with zero attached hydrogens (tertiary/aromatic N) is 2. The molecule has 1 fully saturated rings. The van der Waals surface area contributed by atoms with Crippen LogP contribution in [0.1, 0.15) is 40.5 Å². The van der Waals surface area contributed by atoms with Crippen molar-refractivity contribution >= 4 is 17.4 Å². The summed E-state index contributed by atoms with van der Waals surface area (Å²) in [5.74, 6) is -0.681. The number of Topliss-reactive ketones (excluding diaryl/α,β-unsaturated/α-hetero) is 1. The number of aliphatic hydroxyl groups excluding tert-OH is 1. The molecule has 7 heteroatoms. The minimum Gasteiger partial charge on any atom is -0.507 e. The number of aryl methyl sites for hydroxylation is 2. The molecule has 1 aromatic heterocycles. The number of carbonyl (C=O) groups excluding carboxylic acids is 2. The van der Waals surface area contributed by atoms with Crippen molar-refractivity contribution in [2.24, 2.45) is 0 Å². The third-order valence-corrected chi connectivity index (χ3v) is 5.90. The van der Waals surface area contributed by atoms with Crippen LogP contribution in [0.5, 0.6) is 5.75 Å². The van der Waals surface area contributed by atoms with Crippen molar-refractivity contribution in [1.82, 2.24) is 14.8 Å². The molecule has 1 saturated heterocycles. The number of benzene rings is 1. The summed E-state index contributed by atoms with van der Waals surface area (Å²) in [6, 6.07) is 6.62. The van der Waals surface area contributed by atoms with E-state index in [-0.39, 0.29) is 11.3 Å². The van der Waals surface area contributed by atoms with E-state index >= 15 is 0 Å².